The summed E-state index contributed by atoms with van der Waals surface area (Å²) in [5, 5.41) is 3.12. The molecule has 0 aliphatic rings. The van der Waals surface area contributed by atoms with Crippen molar-refractivity contribution in [2.45, 2.75) is 32.9 Å². The summed E-state index contributed by atoms with van der Waals surface area (Å²) in [5.74, 6) is 0.860. The minimum absolute atomic E-state index is 0.0761. The molecule has 1 aromatic rings. The molecule has 19 heavy (non-hydrogen) atoms. The van der Waals surface area contributed by atoms with Crippen LogP contribution in [0.2, 0.25) is 0 Å². The molecule has 4 nitrogen and oxygen atoms in total. The highest BCUT2D eigenvalue weighted by atomic mass is 16.5. The first kappa shape index (κ1) is 15.7. The number of nitrogens with one attached hydrogen (secondary N) is 1. The number of methoxy groups -OCH3 is 1. The van der Waals surface area contributed by atoms with Crippen LogP contribution in [0.4, 0.5) is 0 Å². The van der Waals surface area contributed by atoms with E-state index in [1.54, 1.807) is 19.2 Å². The van der Waals surface area contributed by atoms with Gasteiger partial charge in [0.15, 0.2) is 5.78 Å². The van der Waals surface area contributed by atoms with Gasteiger partial charge in [-0.05, 0) is 45.0 Å². The third-order valence-corrected chi connectivity index (χ3v) is 2.66. The van der Waals surface area contributed by atoms with Gasteiger partial charge in [-0.15, -0.1) is 0 Å². The molecule has 0 heterocycles. The molecule has 0 saturated heterocycles. The van der Waals surface area contributed by atoms with Crippen LogP contribution in [0.15, 0.2) is 24.3 Å². The SMILES string of the molecule is COCCNC(C)C(=O)c1ccc(OC(C)C)cc1. The lowest BCUT2D eigenvalue weighted by molar-refractivity contribution is 0.0945. The van der Waals surface area contributed by atoms with Gasteiger partial charge in [0.1, 0.15) is 5.75 Å². The number of carbonyl (C=O) groups is 1. The minimum Gasteiger partial charge on any atom is -0.491 e. The van der Waals surface area contributed by atoms with Crippen LogP contribution in [0, 0.1) is 0 Å². The average Bonchev–Trinajstić information content (AvgIpc) is 2.38. The van der Waals surface area contributed by atoms with Crippen LogP contribution in [-0.2, 0) is 4.74 Å². The van der Waals surface area contributed by atoms with Crippen molar-refractivity contribution in [1.29, 1.82) is 0 Å². The maximum absolute atomic E-state index is 12.1. The fraction of sp³-hybridized carbons (Fsp3) is 0.533. The Labute approximate surface area is 115 Å². The Kier molecular flexibility index (Phi) is 6.53. The summed E-state index contributed by atoms with van der Waals surface area (Å²) in [6, 6.07) is 7.04. The quantitative estimate of drug-likeness (QED) is 0.578. The van der Waals surface area contributed by atoms with E-state index in [4.69, 9.17) is 9.47 Å². The second kappa shape index (κ2) is 7.92. The maximum atomic E-state index is 12.1. The fourth-order valence-electron chi connectivity index (χ4n) is 1.69. The van der Waals surface area contributed by atoms with E-state index in [2.05, 4.69) is 5.32 Å². The summed E-state index contributed by atoms with van der Waals surface area (Å²) in [6.07, 6.45) is 0.135. The van der Waals surface area contributed by atoms with Crippen molar-refractivity contribution in [1.82, 2.24) is 5.32 Å². The molecule has 0 radical (unpaired) electrons. The van der Waals surface area contributed by atoms with Crippen molar-refractivity contribution in [3.05, 3.63) is 29.8 Å². The molecule has 0 saturated carbocycles. The highest BCUT2D eigenvalue weighted by Gasteiger charge is 2.14. The number of ether oxygens (including phenoxy) is 2. The van der Waals surface area contributed by atoms with Gasteiger partial charge in [-0.3, -0.25) is 4.79 Å². The lowest BCUT2D eigenvalue weighted by atomic mass is 10.1. The molecule has 1 rings (SSSR count). The molecule has 0 fully saturated rings. The lowest BCUT2D eigenvalue weighted by Gasteiger charge is -2.13. The van der Waals surface area contributed by atoms with Crippen LogP contribution >= 0.6 is 0 Å². The first-order valence-electron chi connectivity index (χ1n) is 6.58. The fourth-order valence-corrected chi connectivity index (χ4v) is 1.69. The van der Waals surface area contributed by atoms with Crippen LogP contribution in [-0.4, -0.2) is 38.2 Å². The second-order valence-electron chi connectivity index (χ2n) is 4.72. The third-order valence-electron chi connectivity index (χ3n) is 2.66. The van der Waals surface area contributed by atoms with Crippen LogP contribution in [0.5, 0.6) is 5.75 Å². The van der Waals surface area contributed by atoms with E-state index in [1.165, 1.54) is 0 Å². The van der Waals surface area contributed by atoms with Gasteiger partial charge in [-0.1, -0.05) is 0 Å². The van der Waals surface area contributed by atoms with E-state index >= 15 is 0 Å². The van der Waals surface area contributed by atoms with Crippen molar-refractivity contribution in [2.75, 3.05) is 20.3 Å². The number of benzene rings is 1. The van der Waals surface area contributed by atoms with E-state index in [1.807, 2.05) is 32.9 Å². The van der Waals surface area contributed by atoms with Crippen molar-refractivity contribution >= 4 is 5.78 Å². The second-order valence-corrected chi connectivity index (χ2v) is 4.72. The molecule has 1 N–H and O–H groups in total. The number of ketones is 1. The Morgan fingerprint density at radius 3 is 2.37 bits per heavy atom. The largest absolute Gasteiger partial charge is 0.491 e. The highest BCUT2D eigenvalue weighted by molar-refractivity contribution is 5.99. The molecule has 0 amide bonds. The standard InChI is InChI=1S/C15H23NO3/c1-11(2)19-14-7-5-13(6-8-14)15(17)12(3)16-9-10-18-4/h5-8,11-12,16H,9-10H2,1-4H3. The average molecular weight is 265 g/mol. The highest BCUT2D eigenvalue weighted by Crippen LogP contribution is 2.14. The molecule has 106 valence electrons. The Morgan fingerprint density at radius 2 is 1.84 bits per heavy atom. The molecular weight excluding hydrogens is 242 g/mol. The van der Waals surface area contributed by atoms with Crippen LogP contribution in [0.3, 0.4) is 0 Å². The molecule has 0 bridgehead atoms. The van der Waals surface area contributed by atoms with Crippen LogP contribution in [0.25, 0.3) is 0 Å². The monoisotopic (exact) mass is 265 g/mol. The Bertz CT molecular complexity index is 387. The Balaban J connectivity index is 2.56. The zero-order valence-corrected chi connectivity index (χ0v) is 12.1. The van der Waals surface area contributed by atoms with E-state index in [-0.39, 0.29) is 17.9 Å². The number of hydrogen-bond acceptors (Lipinski definition) is 4. The van der Waals surface area contributed by atoms with Gasteiger partial charge in [0.05, 0.1) is 18.8 Å². The van der Waals surface area contributed by atoms with Gasteiger partial charge >= 0.3 is 0 Å². The molecule has 0 aromatic heterocycles. The lowest BCUT2D eigenvalue weighted by Crippen LogP contribution is -2.36. The molecular formula is C15H23NO3. The van der Waals surface area contributed by atoms with Gasteiger partial charge in [0.2, 0.25) is 0 Å². The van der Waals surface area contributed by atoms with Gasteiger partial charge < -0.3 is 14.8 Å². The smallest absolute Gasteiger partial charge is 0.179 e. The van der Waals surface area contributed by atoms with E-state index < -0.39 is 0 Å². The minimum atomic E-state index is -0.216. The van der Waals surface area contributed by atoms with Crippen molar-refractivity contribution in [2.24, 2.45) is 0 Å². The number of carbonyl (C=O) groups excluding carboxylic acids is 1. The van der Waals surface area contributed by atoms with Crippen LogP contribution < -0.4 is 10.1 Å². The van der Waals surface area contributed by atoms with E-state index in [0.717, 1.165) is 5.75 Å². The Hall–Kier alpha value is -1.39. The first-order chi connectivity index (χ1) is 9.04. The number of rotatable bonds is 8. The van der Waals surface area contributed by atoms with Gasteiger partial charge in [0.25, 0.3) is 0 Å². The number of hydrogen-bond donors (Lipinski definition) is 1. The zero-order valence-electron chi connectivity index (χ0n) is 12.1. The summed E-state index contributed by atoms with van der Waals surface area (Å²) in [4.78, 5) is 12.1. The predicted octanol–water partition coefficient (Wildman–Crippen LogP) is 2.28. The van der Waals surface area contributed by atoms with Gasteiger partial charge in [-0.25, -0.2) is 0 Å². The molecule has 1 aromatic carbocycles. The zero-order chi connectivity index (χ0) is 14.3. The first-order valence-corrected chi connectivity index (χ1v) is 6.58. The van der Waals surface area contributed by atoms with E-state index in [0.29, 0.717) is 18.7 Å². The summed E-state index contributed by atoms with van der Waals surface area (Å²) in [6.45, 7) is 7.06. The van der Waals surface area contributed by atoms with Crippen molar-refractivity contribution in [3.8, 4) is 5.75 Å². The molecule has 1 atom stereocenters. The summed E-state index contributed by atoms with van der Waals surface area (Å²) >= 11 is 0. The number of Topliss-reactive ketones (excluding diaryl/α,β-unsaturated/α-hetero) is 1. The topological polar surface area (TPSA) is 47.6 Å². The molecule has 0 spiro atoms. The maximum Gasteiger partial charge on any atom is 0.179 e. The van der Waals surface area contributed by atoms with Crippen molar-refractivity contribution < 1.29 is 14.3 Å². The summed E-state index contributed by atoms with van der Waals surface area (Å²) < 4.78 is 10.5. The summed E-state index contributed by atoms with van der Waals surface area (Å²) in [7, 11) is 1.64. The molecule has 0 aliphatic heterocycles. The molecule has 0 aliphatic carbocycles. The molecule has 1 unspecified atom stereocenters. The van der Waals surface area contributed by atoms with Crippen LogP contribution in [0.1, 0.15) is 31.1 Å². The van der Waals surface area contributed by atoms with Crippen molar-refractivity contribution in [3.63, 3.8) is 0 Å². The predicted molar refractivity (Wildman–Crippen MR) is 75.9 cm³/mol. The summed E-state index contributed by atoms with van der Waals surface area (Å²) in [5.41, 5.74) is 0.688. The van der Waals surface area contributed by atoms with E-state index in [9.17, 15) is 4.79 Å². The van der Waals surface area contributed by atoms with Gasteiger partial charge in [-0.2, -0.15) is 0 Å². The Morgan fingerprint density at radius 1 is 1.21 bits per heavy atom. The third kappa shape index (κ3) is 5.41. The molecule has 4 heteroatoms. The van der Waals surface area contributed by atoms with Gasteiger partial charge in [0, 0.05) is 19.2 Å². The normalized spacial score (nSPS) is 12.5.